The Kier molecular flexibility index (Phi) is 20.6. The van der Waals surface area contributed by atoms with Crippen molar-refractivity contribution in [2.45, 2.75) is 103 Å². The molecular formula is C23H47NO2. The van der Waals surface area contributed by atoms with Gasteiger partial charge in [0.15, 0.2) is 0 Å². The van der Waals surface area contributed by atoms with E-state index in [-0.39, 0.29) is 6.10 Å². The van der Waals surface area contributed by atoms with Crippen molar-refractivity contribution in [1.82, 2.24) is 4.90 Å². The molecule has 26 heavy (non-hydrogen) atoms. The summed E-state index contributed by atoms with van der Waals surface area (Å²) in [4.78, 5) is 1.98. The van der Waals surface area contributed by atoms with E-state index in [4.69, 9.17) is 4.74 Å². The zero-order valence-corrected chi connectivity index (χ0v) is 18.1. The Morgan fingerprint density at radius 3 is 1.81 bits per heavy atom. The van der Waals surface area contributed by atoms with Crippen molar-refractivity contribution in [2.24, 2.45) is 0 Å². The summed E-state index contributed by atoms with van der Waals surface area (Å²) in [5.41, 5.74) is 0. The fourth-order valence-corrected chi connectivity index (χ4v) is 3.15. The summed E-state index contributed by atoms with van der Waals surface area (Å²) in [6.07, 6.45) is 23.0. The van der Waals surface area contributed by atoms with Gasteiger partial charge < -0.3 is 14.7 Å². The number of nitrogens with zero attached hydrogens (tertiary/aromatic N) is 1. The Hall–Kier alpha value is -0.380. The van der Waals surface area contributed by atoms with E-state index in [0.29, 0.717) is 13.2 Å². The minimum atomic E-state index is -0.362. The van der Waals surface area contributed by atoms with Crippen LogP contribution >= 0.6 is 0 Å². The maximum atomic E-state index is 9.68. The van der Waals surface area contributed by atoms with Crippen LogP contribution in [0.3, 0.4) is 0 Å². The normalized spacial score (nSPS) is 13.1. The molecule has 1 N–H and O–H groups in total. The fraction of sp³-hybridized carbons (Fsp3) is 0.913. The summed E-state index contributed by atoms with van der Waals surface area (Å²) in [7, 11) is 3.93. The van der Waals surface area contributed by atoms with E-state index in [1.807, 2.05) is 19.0 Å². The minimum Gasteiger partial charge on any atom is -0.389 e. The third kappa shape index (κ3) is 21.7. The summed E-state index contributed by atoms with van der Waals surface area (Å²) in [6.45, 7) is 4.19. The highest BCUT2D eigenvalue weighted by Crippen LogP contribution is 2.10. The molecule has 0 radical (unpaired) electrons. The highest BCUT2D eigenvalue weighted by molar-refractivity contribution is 4.81. The van der Waals surface area contributed by atoms with Gasteiger partial charge in [-0.1, -0.05) is 76.9 Å². The number of aliphatic hydroxyl groups is 1. The van der Waals surface area contributed by atoms with Crippen LogP contribution in [-0.4, -0.2) is 50.0 Å². The lowest BCUT2D eigenvalue weighted by Crippen LogP contribution is -2.29. The van der Waals surface area contributed by atoms with Gasteiger partial charge in [0.1, 0.15) is 0 Å². The lowest BCUT2D eigenvalue weighted by molar-refractivity contribution is 0.0229. The van der Waals surface area contributed by atoms with Gasteiger partial charge in [0.05, 0.1) is 12.7 Å². The predicted molar refractivity (Wildman–Crippen MR) is 115 cm³/mol. The Morgan fingerprint density at radius 1 is 0.769 bits per heavy atom. The highest BCUT2D eigenvalue weighted by atomic mass is 16.5. The number of hydrogen-bond acceptors (Lipinski definition) is 3. The van der Waals surface area contributed by atoms with Gasteiger partial charge in [-0.2, -0.15) is 0 Å². The van der Waals surface area contributed by atoms with Crippen molar-refractivity contribution in [3.63, 3.8) is 0 Å². The third-order valence-electron chi connectivity index (χ3n) is 4.69. The first-order chi connectivity index (χ1) is 12.7. The molecule has 0 aromatic heterocycles. The number of ether oxygens (including phenoxy) is 1. The number of allylic oxidation sites excluding steroid dienone is 2. The second-order valence-electron chi connectivity index (χ2n) is 7.93. The molecule has 0 aliphatic rings. The Morgan fingerprint density at radius 2 is 1.27 bits per heavy atom. The Labute approximate surface area is 164 Å². The fourth-order valence-electron chi connectivity index (χ4n) is 3.15. The van der Waals surface area contributed by atoms with Crippen LogP contribution in [0, 0.1) is 0 Å². The molecule has 0 saturated heterocycles. The zero-order valence-electron chi connectivity index (χ0n) is 18.1. The van der Waals surface area contributed by atoms with Gasteiger partial charge in [-0.3, -0.25) is 0 Å². The lowest BCUT2D eigenvalue weighted by Gasteiger charge is -2.15. The summed E-state index contributed by atoms with van der Waals surface area (Å²) >= 11 is 0. The van der Waals surface area contributed by atoms with Gasteiger partial charge >= 0.3 is 0 Å². The second-order valence-corrected chi connectivity index (χ2v) is 7.93. The molecule has 3 heteroatoms. The molecule has 1 atom stereocenters. The number of hydrogen-bond donors (Lipinski definition) is 1. The number of aliphatic hydroxyl groups excluding tert-OH is 1. The van der Waals surface area contributed by atoms with Crippen LogP contribution in [0.5, 0.6) is 0 Å². The van der Waals surface area contributed by atoms with E-state index in [1.165, 1.54) is 83.5 Å². The smallest absolute Gasteiger partial charge is 0.0899 e. The van der Waals surface area contributed by atoms with Crippen LogP contribution in [0.1, 0.15) is 96.8 Å². The van der Waals surface area contributed by atoms with Gasteiger partial charge in [-0.15, -0.1) is 0 Å². The highest BCUT2D eigenvalue weighted by Gasteiger charge is 2.04. The third-order valence-corrected chi connectivity index (χ3v) is 4.69. The van der Waals surface area contributed by atoms with E-state index in [1.54, 1.807) is 0 Å². The van der Waals surface area contributed by atoms with Crippen molar-refractivity contribution >= 4 is 0 Å². The van der Waals surface area contributed by atoms with Gasteiger partial charge in [0.2, 0.25) is 0 Å². The van der Waals surface area contributed by atoms with Crippen molar-refractivity contribution < 1.29 is 9.84 Å². The first-order valence-corrected chi connectivity index (χ1v) is 11.2. The van der Waals surface area contributed by atoms with Crippen molar-refractivity contribution in [1.29, 1.82) is 0 Å². The Balaban J connectivity index is 3.14. The molecule has 0 heterocycles. The van der Waals surface area contributed by atoms with E-state index in [9.17, 15) is 5.11 Å². The van der Waals surface area contributed by atoms with E-state index in [2.05, 4.69) is 19.1 Å². The van der Waals surface area contributed by atoms with Crippen LogP contribution in [-0.2, 0) is 4.74 Å². The topological polar surface area (TPSA) is 32.7 Å². The number of rotatable bonds is 20. The molecule has 0 rings (SSSR count). The van der Waals surface area contributed by atoms with Gasteiger partial charge in [0, 0.05) is 13.2 Å². The molecule has 156 valence electrons. The molecule has 0 spiro atoms. The first-order valence-electron chi connectivity index (χ1n) is 11.2. The van der Waals surface area contributed by atoms with E-state index >= 15 is 0 Å². The van der Waals surface area contributed by atoms with Crippen LogP contribution in [0.15, 0.2) is 12.2 Å². The van der Waals surface area contributed by atoms with E-state index < -0.39 is 0 Å². The molecule has 0 aromatic carbocycles. The molecule has 0 amide bonds. The monoisotopic (exact) mass is 369 g/mol. The summed E-state index contributed by atoms with van der Waals surface area (Å²) in [5, 5.41) is 9.68. The van der Waals surface area contributed by atoms with Gasteiger partial charge in [0.25, 0.3) is 0 Å². The quantitative estimate of drug-likeness (QED) is 0.212. The molecule has 3 nitrogen and oxygen atoms in total. The van der Waals surface area contributed by atoms with Crippen molar-refractivity contribution in [3.05, 3.63) is 12.2 Å². The average molecular weight is 370 g/mol. The predicted octanol–water partition coefficient (Wildman–Crippen LogP) is 5.96. The Bertz CT molecular complexity index is 292. The standard InChI is InChI=1S/C23H47NO2/c1-4-5-6-7-8-9-10-11-12-13-14-15-16-17-18-19-20-26-22-23(25)21-24(2)3/h11-12,23,25H,4-10,13-22H2,1-3H3/b12-11+. The zero-order chi connectivity index (χ0) is 19.3. The molecule has 0 saturated carbocycles. The van der Waals surface area contributed by atoms with Crippen molar-refractivity contribution in [3.8, 4) is 0 Å². The second kappa shape index (κ2) is 20.9. The SMILES string of the molecule is CCCCCCCC/C=C/CCCCCCCCOCC(O)CN(C)C. The van der Waals surface area contributed by atoms with Crippen LogP contribution in [0.25, 0.3) is 0 Å². The number of unbranched alkanes of at least 4 members (excludes halogenated alkanes) is 12. The minimum absolute atomic E-state index is 0.362. The molecule has 0 fully saturated rings. The van der Waals surface area contributed by atoms with Gasteiger partial charge in [-0.05, 0) is 46.2 Å². The molecule has 0 bridgehead atoms. The molecular weight excluding hydrogens is 322 g/mol. The molecule has 0 aliphatic carbocycles. The first kappa shape index (κ1) is 25.6. The largest absolute Gasteiger partial charge is 0.389 e. The summed E-state index contributed by atoms with van der Waals surface area (Å²) < 4.78 is 5.53. The van der Waals surface area contributed by atoms with E-state index in [0.717, 1.165) is 13.0 Å². The van der Waals surface area contributed by atoms with Crippen LogP contribution in [0.4, 0.5) is 0 Å². The molecule has 0 aromatic rings. The van der Waals surface area contributed by atoms with Crippen molar-refractivity contribution in [2.75, 3.05) is 33.9 Å². The average Bonchev–Trinajstić information content (AvgIpc) is 2.60. The maximum Gasteiger partial charge on any atom is 0.0899 e. The number of likely N-dealkylation sites (N-methyl/N-ethyl adjacent to an activating group) is 1. The molecule has 1 unspecified atom stereocenters. The van der Waals surface area contributed by atoms with Gasteiger partial charge in [-0.25, -0.2) is 0 Å². The molecule has 0 aliphatic heterocycles. The summed E-state index contributed by atoms with van der Waals surface area (Å²) in [5.74, 6) is 0. The van der Waals surface area contributed by atoms with Crippen LogP contribution < -0.4 is 0 Å². The maximum absolute atomic E-state index is 9.68. The lowest BCUT2D eigenvalue weighted by atomic mass is 10.1. The van der Waals surface area contributed by atoms with Crippen LogP contribution in [0.2, 0.25) is 0 Å². The summed E-state index contributed by atoms with van der Waals surface area (Å²) in [6, 6.07) is 0.